The lowest BCUT2D eigenvalue weighted by Crippen LogP contribution is -2.49. The molecule has 0 saturated heterocycles. The van der Waals surface area contributed by atoms with E-state index in [-0.39, 0.29) is 18.0 Å². The van der Waals surface area contributed by atoms with Gasteiger partial charge < -0.3 is 11.1 Å². The van der Waals surface area contributed by atoms with Gasteiger partial charge in [0.2, 0.25) is 0 Å². The largest absolute Gasteiger partial charge is 0.347 e. The Labute approximate surface area is 100 Å². The van der Waals surface area contributed by atoms with Gasteiger partial charge in [-0.2, -0.15) is 0 Å². The van der Waals surface area contributed by atoms with E-state index < -0.39 is 0 Å². The van der Waals surface area contributed by atoms with Crippen LogP contribution in [0.15, 0.2) is 12.1 Å². The first-order chi connectivity index (χ1) is 7.66. The minimum atomic E-state index is 0.0282. The number of thiophene rings is 1. The number of hydrogen-bond donors (Lipinski definition) is 2. The third kappa shape index (κ3) is 2.62. The van der Waals surface area contributed by atoms with Crippen LogP contribution in [-0.2, 0) is 0 Å². The highest BCUT2D eigenvalue weighted by molar-refractivity contribution is 7.13. The van der Waals surface area contributed by atoms with Crippen LogP contribution >= 0.6 is 11.3 Å². The zero-order valence-corrected chi connectivity index (χ0v) is 10.3. The molecule has 16 heavy (non-hydrogen) atoms. The van der Waals surface area contributed by atoms with Crippen molar-refractivity contribution in [3.05, 3.63) is 21.9 Å². The fourth-order valence-electron chi connectivity index (χ4n) is 2.13. The number of hydrogen-bond acceptors (Lipinski definition) is 3. The van der Waals surface area contributed by atoms with E-state index in [0.717, 1.165) is 22.6 Å². The number of carbonyl (C=O) groups is 1. The van der Waals surface area contributed by atoms with Gasteiger partial charge >= 0.3 is 0 Å². The molecule has 1 aliphatic rings. The molecule has 1 aromatic heterocycles. The maximum Gasteiger partial charge on any atom is 0.261 e. The van der Waals surface area contributed by atoms with Gasteiger partial charge in [0, 0.05) is 17.0 Å². The molecule has 2 unspecified atom stereocenters. The van der Waals surface area contributed by atoms with Gasteiger partial charge in [0.25, 0.3) is 5.91 Å². The van der Waals surface area contributed by atoms with E-state index in [2.05, 4.69) is 5.32 Å². The highest BCUT2D eigenvalue weighted by Gasteiger charge is 2.23. The Morgan fingerprint density at radius 3 is 2.81 bits per heavy atom. The van der Waals surface area contributed by atoms with Crippen molar-refractivity contribution in [1.82, 2.24) is 5.32 Å². The molecule has 1 saturated carbocycles. The number of nitrogens with two attached hydrogens (primary N) is 1. The third-order valence-electron chi connectivity index (χ3n) is 3.10. The third-order valence-corrected chi connectivity index (χ3v) is 4.10. The molecule has 0 bridgehead atoms. The summed E-state index contributed by atoms with van der Waals surface area (Å²) < 4.78 is 0. The van der Waals surface area contributed by atoms with Gasteiger partial charge in [0.1, 0.15) is 0 Å². The summed E-state index contributed by atoms with van der Waals surface area (Å²) in [6, 6.07) is 4.13. The molecule has 1 amide bonds. The Hall–Kier alpha value is -0.870. The minimum absolute atomic E-state index is 0.0282. The molecule has 0 aliphatic heterocycles. The van der Waals surface area contributed by atoms with E-state index in [1.54, 1.807) is 0 Å². The maximum absolute atomic E-state index is 11.9. The van der Waals surface area contributed by atoms with Gasteiger partial charge in [-0.05, 0) is 31.9 Å². The number of rotatable bonds is 2. The molecule has 3 N–H and O–H groups in total. The molecule has 1 heterocycles. The highest BCUT2D eigenvalue weighted by Crippen LogP contribution is 2.19. The van der Waals surface area contributed by atoms with E-state index in [1.165, 1.54) is 24.2 Å². The van der Waals surface area contributed by atoms with Crippen molar-refractivity contribution in [3.63, 3.8) is 0 Å². The minimum Gasteiger partial charge on any atom is -0.347 e. The van der Waals surface area contributed by atoms with Crippen molar-refractivity contribution in [2.75, 3.05) is 0 Å². The van der Waals surface area contributed by atoms with Crippen LogP contribution in [0.5, 0.6) is 0 Å². The average molecular weight is 238 g/mol. The van der Waals surface area contributed by atoms with Gasteiger partial charge in [-0.15, -0.1) is 11.3 Å². The summed E-state index contributed by atoms with van der Waals surface area (Å²) in [5.41, 5.74) is 6.00. The monoisotopic (exact) mass is 238 g/mol. The van der Waals surface area contributed by atoms with Crippen molar-refractivity contribution < 1.29 is 4.79 Å². The number of carbonyl (C=O) groups excluding carboxylic acids is 1. The van der Waals surface area contributed by atoms with Crippen molar-refractivity contribution in [2.24, 2.45) is 5.73 Å². The average Bonchev–Trinajstić information content (AvgIpc) is 2.68. The van der Waals surface area contributed by atoms with Crippen LogP contribution in [0.3, 0.4) is 0 Å². The van der Waals surface area contributed by atoms with Gasteiger partial charge in [-0.25, -0.2) is 0 Å². The summed E-state index contributed by atoms with van der Waals surface area (Å²) >= 11 is 1.53. The summed E-state index contributed by atoms with van der Waals surface area (Å²) in [5, 5.41) is 3.04. The second kappa shape index (κ2) is 4.97. The van der Waals surface area contributed by atoms with E-state index >= 15 is 0 Å². The molecule has 4 heteroatoms. The Morgan fingerprint density at radius 2 is 2.19 bits per heavy atom. The van der Waals surface area contributed by atoms with Crippen LogP contribution in [0.1, 0.15) is 40.2 Å². The fourth-order valence-corrected chi connectivity index (χ4v) is 2.91. The normalized spacial score (nSPS) is 25.4. The fraction of sp³-hybridized carbons (Fsp3) is 0.583. The molecular formula is C12H18N2OS. The first-order valence-corrected chi connectivity index (χ1v) is 6.61. The van der Waals surface area contributed by atoms with Crippen LogP contribution in [0.2, 0.25) is 0 Å². The van der Waals surface area contributed by atoms with E-state index in [0.29, 0.717) is 0 Å². The van der Waals surface area contributed by atoms with Crippen LogP contribution in [0, 0.1) is 6.92 Å². The molecule has 1 fully saturated rings. The van der Waals surface area contributed by atoms with Crippen LogP contribution in [-0.4, -0.2) is 18.0 Å². The van der Waals surface area contributed by atoms with E-state index in [4.69, 9.17) is 5.73 Å². The Balaban J connectivity index is 1.96. The molecule has 0 aromatic carbocycles. The maximum atomic E-state index is 11.9. The zero-order chi connectivity index (χ0) is 11.5. The lowest BCUT2D eigenvalue weighted by Gasteiger charge is -2.29. The van der Waals surface area contributed by atoms with Gasteiger partial charge in [0.15, 0.2) is 0 Å². The van der Waals surface area contributed by atoms with Crippen LogP contribution in [0.4, 0.5) is 0 Å². The van der Waals surface area contributed by atoms with Crippen molar-refractivity contribution >= 4 is 17.2 Å². The van der Waals surface area contributed by atoms with Crippen molar-refractivity contribution in [2.45, 2.75) is 44.7 Å². The lowest BCUT2D eigenvalue weighted by atomic mass is 9.91. The van der Waals surface area contributed by atoms with Gasteiger partial charge in [0.05, 0.1) is 4.88 Å². The zero-order valence-electron chi connectivity index (χ0n) is 9.53. The van der Waals surface area contributed by atoms with Crippen molar-refractivity contribution in [1.29, 1.82) is 0 Å². The molecule has 3 nitrogen and oxygen atoms in total. The second-order valence-corrected chi connectivity index (χ2v) is 5.73. The highest BCUT2D eigenvalue weighted by atomic mass is 32.1. The Morgan fingerprint density at radius 1 is 1.44 bits per heavy atom. The quantitative estimate of drug-likeness (QED) is 0.828. The van der Waals surface area contributed by atoms with E-state index in [1.807, 2.05) is 19.1 Å². The summed E-state index contributed by atoms with van der Waals surface area (Å²) in [7, 11) is 0. The first-order valence-electron chi connectivity index (χ1n) is 5.79. The summed E-state index contributed by atoms with van der Waals surface area (Å²) in [5.74, 6) is 0.0282. The summed E-state index contributed by atoms with van der Waals surface area (Å²) in [6.07, 6.45) is 4.39. The number of aryl methyl sites for hydroxylation is 1. The molecule has 0 radical (unpaired) electrons. The molecule has 1 aromatic rings. The van der Waals surface area contributed by atoms with Crippen LogP contribution in [0.25, 0.3) is 0 Å². The lowest BCUT2D eigenvalue weighted by molar-refractivity contribution is 0.0925. The molecule has 2 atom stereocenters. The summed E-state index contributed by atoms with van der Waals surface area (Å²) in [4.78, 5) is 13.9. The number of nitrogens with one attached hydrogen (secondary N) is 1. The molecular weight excluding hydrogens is 220 g/mol. The number of amides is 1. The molecule has 88 valence electrons. The topological polar surface area (TPSA) is 55.1 Å². The summed E-state index contributed by atoms with van der Waals surface area (Å²) in [6.45, 7) is 2.01. The first kappa shape index (κ1) is 11.6. The molecule has 0 spiro atoms. The predicted octanol–water partition coefficient (Wildman–Crippen LogP) is 2.06. The van der Waals surface area contributed by atoms with Crippen LogP contribution < -0.4 is 11.1 Å². The SMILES string of the molecule is Cc1ccc(C(=O)NC2CCCCC2N)s1. The Kier molecular flexibility index (Phi) is 3.61. The van der Waals surface area contributed by atoms with Crippen molar-refractivity contribution in [3.8, 4) is 0 Å². The van der Waals surface area contributed by atoms with E-state index in [9.17, 15) is 4.79 Å². The van der Waals surface area contributed by atoms with Gasteiger partial charge in [-0.3, -0.25) is 4.79 Å². The molecule has 1 aliphatic carbocycles. The second-order valence-electron chi connectivity index (χ2n) is 4.44. The standard InChI is InChI=1S/C12H18N2OS/c1-8-6-7-11(16-8)12(15)14-10-5-3-2-4-9(10)13/h6-7,9-10H,2-5,13H2,1H3,(H,14,15). The Bertz CT molecular complexity index is 375. The van der Waals surface area contributed by atoms with Gasteiger partial charge in [-0.1, -0.05) is 12.8 Å². The molecule has 2 rings (SSSR count). The smallest absolute Gasteiger partial charge is 0.261 e. The predicted molar refractivity (Wildman–Crippen MR) is 66.8 cm³/mol.